The Kier molecular flexibility index (Phi) is 5.85. The predicted molar refractivity (Wildman–Crippen MR) is 87.1 cm³/mol. The molecule has 1 aromatic carbocycles. The van der Waals surface area contributed by atoms with Gasteiger partial charge in [-0.1, -0.05) is 12.1 Å². The summed E-state index contributed by atoms with van der Waals surface area (Å²) in [4.78, 5) is 22.8. The average molecular weight is 323 g/mol. The third-order valence-corrected chi connectivity index (χ3v) is 4.91. The minimum Gasteiger partial charge on any atom is -0.481 e. The number of nitrogens with one attached hydrogen (secondary N) is 1. The first-order valence-corrected chi connectivity index (χ1v) is 8.46. The van der Waals surface area contributed by atoms with E-state index in [0.717, 1.165) is 36.3 Å². The van der Waals surface area contributed by atoms with Gasteiger partial charge in [0, 0.05) is 24.3 Å². The fourth-order valence-corrected chi connectivity index (χ4v) is 3.23. The van der Waals surface area contributed by atoms with E-state index < -0.39 is 11.6 Å². The van der Waals surface area contributed by atoms with Crippen molar-refractivity contribution in [3.8, 4) is 0 Å². The van der Waals surface area contributed by atoms with Crippen LogP contribution in [-0.4, -0.2) is 35.4 Å². The molecule has 1 amide bonds. The minimum absolute atomic E-state index is 0.0862. The normalized spacial score (nSPS) is 15.9. The Morgan fingerprint density at radius 3 is 2.77 bits per heavy atom. The monoisotopic (exact) mass is 323 g/mol. The number of hydrogen-bond donors (Lipinski definition) is 2. The molecular formula is C16H21NO4S. The van der Waals surface area contributed by atoms with Crippen molar-refractivity contribution < 1.29 is 19.4 Å². The van der Waals surface area contributed by atoms with Crippen LogP contribution in [-0.2, 0) is 20.1 Å². The smallest absolute Gasteiger partial charge is 0.304 e. The van der Waals surface area contributed by atoms with Gasteiger partial charge in [-0.3, -0.25) is 9.59 Å². The molecule has 1 aromatic rings. The molecule has 5 nitrogen and oxygen atoms in total. The summed E-state index contributed by atoms with van der Waals surface area (Å²) in [6, 6.07) is 7.64. The van der Waals surface area contributed by atoms with Gasteiger partial charge in [0.2, 0.25) is 0 Å². The van der Waals surface area contributed by atoms with Gasteiger partial charge in [0.25, 0.3) is 5.91 Å². The third-order valence-electron chi connectivity index (χ3n) is 3.88. The summed E-state index contributed by atoms with van der Waals surface area (Å²) in [5.74, 6) is 0.446. The lowest BCUT2D eigenvalue weighted by molar-refractivity contribution is -0.148. The number of methoxy groups -OCH3 is 1. The molecule has 0 unspecified atom stereocenters. The van der Waals surface area contributed by atoms with Crippen molar-refractivity contribution in [2.75, 3.05) is 18.2 Å². The quantitative estimate of drug-likeness (QED) is 0.720. The number of benzene rings is 1. The summed E-state index contributed by atoms with van der Waals surface area (Å²) in [5, 5.41) is 11.5. The molecule has 6 heteroatoms. The van der Waals surface area contributed by atoms with Crippen LogP contribution in [0, 0.1) is 0 Å². The molecule has 1 aliphatic carbocycles. The lowest BCUT2D eigenvalue weighted by atomic mass is 9.79. The topological polar surface area (TPSA) is 75.6 Å². The first kappa shape index (κ1) is 16.8. The number of rotatable bonds is 8. The molecule has 22 heavy (non-hydrogen) atoms. The third kappa shape index (κ3) is 4.24. The molecule has 0 bridgehead atoms. The second-order valence-corrected chi connectivity index (χ2v) is 6.51. The number of carboxylic acids is 1. The SMILES string of the molecule is COC1(C(=O)Nc2cccc(CSCCC(=O)O)c2)CCC1. The zero-order chi connectivity index (χ0) is 16.0. The van der Waals surface area contributed by atoms with E-state index in [1.54, 1.807) is 18.9 Å². The van der Waals surface area contributed by atoms with E-state index in [9.17, 15) is 9.59 Å². The molecule has 0 heterocycles. The first-order valence-electron chi connectivity index (χ1n) is 7.31. The molecule has 0 saturated heterocycles. The highest BCUT2D eigenvalue weighted by molar-refractivity contribution is 7.98. The summed E-state index contributed by atoms with van der Waals surface area (Å²) in [6.45, 7) is 0. The summed E-state index contributed by atoms with van der Waals surface area (Å²) in [5.41, 5.74) is 1.16. The second-order valence-electron chi connectivity index (χ2n) is 5.40. The summed E-state index contributed by atoms with van der Waals surface area (Å²) < 4.78 is 5.37. The van der Waals surface area contributed by atoms with Crippen LogP contribution in [0.2, 0.25) is 0 Å². The highest BCUT2D eigenvalue weighted by atomic mass is 32.2. The van der Waals surface area contributed by atoms with Crippen molar-refractivity contribution in [2.45, 2.75) is 37.0 Å². The van der Waals surface area contributed by atoms with E-state index in [1.807, 2.05) is 24.3 Å². The summed E-state index contributed by atoms with van der Waals surface area (Å²) >= 11 is 1.57. The minimum atomic E-state index is -0.779. The van der Waals surface area contributed by atoms with E-state index >= 15 is 0 Å². The van der Waals surface area contributed by atoms with Gasteiger partial charge in [0.15, 0.2) is 0 Å². The van der Waals surface area contributed by atoms with Gasteiger partial charge >= 0.3 is 5.97 Å². The van der Waals surface area contributed by atoms with Crippen molar-refractivity contribution in [1.82, 2.24) is 0 Å². The van der Waals surface area contributed by atoms with E-state index in [0.29, 0.717) is 5.75 Å². The van der Waals surface area contributed by atoms with Crippen LogP contribution in [0.1, 0.15) is 31.2 Å². The number of thioether (sulfide) groups is 1. The van der Waals surface area contributed by atoms with Crippen molar-refractivity contribution >= 4 is 29.3 Å². The highest BCUT2D eigenvalue weighted by Gasteiger charge is 2.44. The van der Waals surface area contributed by atoms with Crippen LogP contribution in [0.4, 0.5) is 5.69 Å². The Balaban J connectivity index is 1.88. The van der Waals surface area contributed by atoms with Gasteiger partial charge < -0.3 is 15.2 Å². The van der Waals surface area contributed by atoms with Crippen molar-refractivity contribution in [3.05, 3.63) is 29.8 Å². The highest BCUT2D eigenvalue weighted by Crippen LogP contribution is 2.36. The van der Waals surface area contributed by atoms with Gasteiger partial charge in [-0.15, -0.1) is 0 Å². The van der Waals surface area contributed by atoms with Crippen molar-refractivity contribution in [2.24, 2.45) is 0 Å². The van der Waals surface area contributed by atoms with Crippen LogP contribution < -0.4 is 5.32 Å². The first-order chi connectivity index (χ1) is 10.6. The number of amides is 1. The van der Waals surface area contributed by atoms with Crippen molar-refractivity contribution in [3.63, 3.8) is 0 Å². The second kappa shape index (κ2) is 7.65. The Hall–Kier alpha value is -1.53. The molecule has 1 saturated carbocycles. The fourth-order valence-electron chi connectivity index (χ4n) is 2.36. The molecule has 1 aliphatic rings. The average Bonchev–Trinajstić information content (AvgIpc) is 2.43. The van der Waals surface area contributed by atoms with E-state index in [1.165, 1.54) is 0 Å². The lowest BCUT2D eigenvalue weighted by Crippen LogP contribution is -2.50. The van der Waals surface area contributed by atoms with Crippen LogP contribution in [0.3, 0.4) is 0 Å². The number of carboxylic acid groups (broad SMARTS) is 1. The Bertz CT molecular complexity index is 537. The maximum absolute atomic E-state index is 12.3. The molecular weight excluding hydrogens is 302 g/mol. The summed E-state index contributed by atoms with van der Waals surface area (Å²) in [6.07, 6.45) is 2.71. The Morgan fingerprint density at radius 2 is 2.18 bits per heavy atom. The van der Waals surface area contributed by atoms with Crippen molar-refractivity contribution in [1.29, 1.82) is 0 Å². The Labute approximate surface area is 134 Å². The number of anilines is 1. The van der Waals surface area contributed by atoms with Crippen LogP contribution in [0.15, 0.2) is 24.3 Å². The van der Waals surface area contributed by atoms with Gasteiger partial charge in [-0.2, -0.15) is 11.8 Å². The number of ether oxygens (including phenoxy) is 1. The molecule has 0 aliphatic heterocycles. The largest absolute Gasteiger partial charge is 0.481 e. The zero-order valence-corrected chi connectivity index (χ0v) is 13.4. The fraction of sp³-hybridized carbons (Fsp3) is 0.500. The number of carbonyl (C=O) groups excluding carboxylic acids is 1. The lowest BCUT2D eigenvalue weighted by Gasteiger charge is -2.38. The zero-order valence-electron chi connectivity index (χ0n) is 12.6. The molecule has 0 aromatic heterocycles. The van der Waals surface area contributed by atoms with Gasteiger partial charge in [0.1, 0.15) is 5.60 Å². The van der Waals surface area contributed by atoms with Gasteiger partial charge in [-0.25, -0.2) is 0 Å². The Morgan fingerprint density at radius 1 is 1.41 bits per heavy atom. The van der Waals surface area contributed by atoms with E-state index in [4.69, 9.17) is 9.84 Å². The summed E-state index contributed by atoms with van der Waals surface area (Å²) in [7, 11) is 1.58. The van der Waals surface area contributed by atoms with E-state index in [-0.39, 0.29) is 12.3 Å². The van der Waals surface area contributed by atoms with Gasteiger partial charge in [0.05, 0.1) is 6.42 Å². The number of hydrogen-bond acceptors (Lipinski definition) is 4. The molecule has 0 radical (unpaired) electrons. The van der Waals surface area contributed by atoms with Crippen LogP contribution >= 0.6 is 11.8 Å². The molecule has 120 valence electrons. The molecule has 0 spiro atoms. The molecule has 2 rings (SSSR count). The maximum Gasteiger partial charge on any atom is 0.304 e. The number of carbonyl (C=O) groups is 2. The molecule has 0 atom stereocenters. The maximum atomic E-state index is 12.3. The van der Waals surface area contributed by atoms with E-state index in [2.05, 4.69) is 5.32 Å². The molecule has 2 N–H and O–H groups in total. The standard InChI is InChI=1S/C16H21NO4S/c1-21-16(7-3-8-16)15(20)17-13-5-2-4-12(10-13)11-22-9-6-14(18)19/h2,4-5,10H,3,6-9,11H2,1H3,(H,17,20)(H,18,19). The molecule has 1 fully saturated rings. The predicted octanol–water partition coefficient (Wildman–Crippen LogP) is 2.90. The van der Waals surface area contributed by atoms with Crippen LogP contribution in [0.25, 0.3) is 0 Å². The van der Waals surface area contributed by atoms with Crippen LogP contribution in [0.5, 0.6) is 0 Å². The number of aliphatic carboxylic acids is 1. The van der Waals surface area contributed by atoms with Gasteiger partial charge in [-0.05, 0) is 37.0 Å².